The van der Waals surface area contributed by atoms with Gasteiger partial charge in [-0.2, -0.15) is 0 Å². The molecule has 130 valence electrons. The molecule has 0 saturated carbocycles. The van der Waals surface area contributed by atoms with Gasteiger partial charge in [-0.25, -0.2) is 4.99 Å². The summed E-state index contributed by atoms with van der Waals surface area (Å²) in [4.78, 5) is 6.05. The van der Waals surface area contributed by atoms with Gasteiger partial charge in [0, 0.05) is 10.6 Å². The van der Waals surface area contributed by atoms with Crippen molar-refractivity contribution in [2.75, 3.05) is 0 Å². The summed E-state index contributed by atoms with van der Waals surface area (Å²) in [5.74, 6) is 0.909. The summed E-state index contributed by atoms with van der Waals surface area (Å²) >= 11 is 3.48. The van der Waals surface area contributed by atoms with Crippen molar-refractivity contribution in [3.05, 3.63) is 108 Å². The van der Waals surface area contributed by atoms with Crippen LogP contribution in [0.2, 0.25) is 0 Å². The molecule has 0 spiro atoms. The van der Waals surface area contributed by atoms with E-state index >= 15 is 0 Å². The second-order valence-electron chi connectivity index (χ2n) is 5.80. The fraction of sp³-hybridized carbons (Fsp3) is 0.0870. The standard InChI is InChI=1S/C23H21NS2/c1-19-9-8-14-22(17-19)25-16-15-23(24-21-12-6-3-7-13-21)26-18-20-10-4-2-5-11-20/h2-17H,18H2,1H3. The maximum atomic E-state index is 4.80. The van der Waals surface area contributed by atoms with Gasteiger partial charge in [0.2, 0.25) is 0 Å². The summed E-state index contributed by atoms with van der Waals surface area (Å²) in [5.41, 5.74) is 3.56. The molecule has 3 rings (SSSR count). The highest BCUT2D eigenvalue weighted by Gasteiger charge is 2.00. The van der Waals surface area contributed by atoms with Crippen LogP contribution < -0.4 is 0 Å². The Bertz CT molecular complexity index is 871. The van der Waals surface area contributed by atoms with E-state index in [4.69, 9.17) is 4.99 Å². The molecule has 0 amide bonds. The average molecular weight is 376 g/mol. The molecule has 0 aliphatic rings. The van der Waals surface area contributed by atoms with Crippen LogP contribution in [0.5, 0.6) is 0 Å². The van der Waals surface area contributed by atoms with E-state index in [1.54, 1.807) is 23.5 Å². The van der Waals surface area contributed by atoms with Crippen molar-refractivity contribution in [3.8, 4) is 0 Å². The highest BCUT2D eigenvalue weighted by atomic mass is 32.2. The zero-order valence-electron chi connectivity index (χ0n) is 14.7. The van der Waals surface area contributed by atoms with Crippen molar-refractivity contribution in [3.63, 3.8) is 0 Å². The monoisotopic (exact) mass is 375 g/mol. The number of thioether (sulfide) groups is 2. The molecule has 0 unspecified atom stereocenters. The summed E-state index contributed by atoms with van der Waals surface area (Å²) in [6.07, 6.45) is 2.10. The normalized spacial score (nSPS) is 11.8. The van der Waals surface area contributed by atoms with E-state index in [9.17, 15) is 0 Å². The molecule has 0 radical (unpaired) electrons. The summed E-state index contributed by atoms with van der Waals surface area (Å²) < 4.78 is 0. The predicted octanol–water partition coefficient (Wildman–Crippen LogP) is 7.26. The van der Waals surface area contributed by atoms with Gasteiger partial charge in [-0.05, 0) is 48.2 Å². The molecule has 0 saturated heterocycles. The largest absolute Gasteiger partial charge is 0.242 e. The van der Waals surface area contributed by atoms with Crippen LogP contribution in [-0.2, 0) is 5.75 Å². The van der Waals surface area contributed by atoms with Gasteiger partial charge >= 0.3 is 0 Å². The molecule has 0 aliphatic carbocycles. The topological polar surface area (TPSA) is 12.4 Å². The van der Waals surface area contributed by atoms with Crippen LogP contribution in [0.4, 0.5) is 5.69 Å². The molecule has 1 nitrogen and oxygen atoms in total. The number of aliphatic imine (C=N–C) groups is 1. The average Bonchev–Trinajstić information content (AvgIpc) is 2.68. The third-order valence-electron chi connectivity index (χ3n) is 3.63. The first kappa shape index (κ1) is 18.6. The van der Waals surface area contributed by atoms with Gasteiger partial charge in [0.05, 0.1) is 10.7 Å². The number of para-hydroxylation sites is 1. The lowest BCUT2D eigenvalue weighted by Gasteiger charge is -2.03. The summed E-state index contributed by atoms with van der Waals surface area (Å²) in [7, 11) is 0. The van der Waals surface area contributed by atoms with E-state index in [1.807, 2.05) is 36.4 Å². The minimum Gasteiger partial charge on any atom is -0.242 e. The smallest absolute Gasteiger partial charge is 0.0975 e. The molecule has 0 atom stereocenters. The van der Waals surface area contributed by atoms with Gasteiger partial charge in [0.25, 0.3) is 0 Å². The minimum absolute atomic E-state index is 0.909. The van der Waals surface area contributed by atoms with Crippen LogP contribution >= 0.6 is 23.5 Å². The van der Waals surface area contributed by atoms with E-state index in [-0.39, 0.29) is 0 Å². The van der Waals surface area contributed by atoms with Crippen LogP contribution in [-0.4, -0.2) is 5.04 Å². The molecule has 0 aliphatic heterocycles. The first-order valence-electron chi connectivity index (χ1n) is 8.50. The van der Waals surface area contributed by atoms with Crippen molar-refractivity contribution in [2.45, 2.75) is 17.6 Å². The lowest BCUT2D eigenvalue weighted by Crippen LogP contribution is -1.88. The van der Waals surface area contributed by atoms with Crippen LogP contribution in [0.1, 0.15) is 11.1 Å². The molecular weight excluding hydrogens is 354 g/mol. The first-order chi connectivity index (χ1) is 12.8. The quantitative estimate of drug-likeness (QED) is 0.255. The molecule has 0 N–H and O–H groups in total. The van der Waals surface area contributed by atoms with Gasteiger partial charge in [-0.1, -0.05) is 78.0 Å². The Hall–Kier alpha value is -2.23. The van der Waals surface area contributed by atoms with E-state index in [2.05, 4.69) is 66.9 Å². The Labute approximate surface area is 164 Å². The second kappa shape index (κ2) is 10.0. The number of benzene rings is 3. The van der Waals surface area contributed by atoms with Gasteiger partial charge in [-0.3, -0.25) is 0 Å². The maximum Gasteiger partial charge on any atom is 0.0975 e. The van der Waals surface area contributed by atoms with Crippen LogP contribution in [0.25, 0.3) is 0 Å². The molecule has 26 heavy (non-hydrogen) atoms. The Kier molecular flexibility index (Phi) is 7.17. The summed E-state index contributed by atoms with van der Waals surface area (Å²) in [6, 6.07) is 29.2. The Balaban J connectivity index is 1.71. The fourth-order valence-electron chi connectivity index (χ4n) is 2.34. The lowest BCUT2D eigenvalue weighted by atomic mass is 10.2. The molecule has 3 aromatic carbocycles. The number of rotatable bonds is 6. The van der Waals surface area contributed by atoms with Gasteiger partial charge in [0.1, 0.15) is 0 Å². The highest BCUT2D eigenvalue weighted by Crippen LogP contribution is 2.23. The van der Waals surface area contributed by atoms with Gasteiger partial charge in [0.15, 0.2) is 0 Å². The number of hydrogen-bond acceptors (Lipinski definition) is 3. The molecule has 3 heteroatoms. The van der Waals surface area contributed by atoms with E-state index in [0.717, 1.165) is 16.5 Å². The van der Waals surface area contributed by atoms with Crippen molar-refractivity contribution >= 4 is 34.3 Å². The second-order valence-corrected chi connectivity index (χ2v) is 7.77. The molecule has 0 heterocycles. The fourth-order valence-corrected chi connectivity index (χ4v) is 4.03. The summed E-state index contributed by atoms with van der Waals surface area (Å²) in [5, 5.41) is 3.13. The zero-order valence-corrected chi connectivity index (χ0v) is 16.3. The third kappa shape index (κ3) is 6.25. The minimum atomic E-state index is 0.909. The highest BCUT2D eigenvalue weighted by molar-refractivity contribution is 8.13. The van der Waals surface area contributed by atoms with E-state index < -0.39 is 0 Å². The van der Waals surface area contributed by atoms with Crippen molar-refractivity contribution in [1.82, 2.24) is 0 Å². The summed E-state index contributed by atoms with van der Waals surface area (Å²) in [6.45, 7) is 2.12. The van der Waals surface area contributed by atoms with E-state index in [1.165, 1.54) is 16.0 Å². The number of nitrogens with zero attached hydrogens (tertiary/aromatic N) is 1. The van der Waals surface area contributed by atoms with Crippen LogP contribution in [0.15, 0.2) is 106 Å². The Morgan fingerprint density at radius 2 is 1.62 bits per heavy atom. The molecule has 0 aromatic heterocycles. The predicted molar refractivity (Wildman–Crippen MR) is 117 cm³/mol. The molecule has 3 aromatic rings. The zero-order chi connectivity index (χ0) is 18.0. The molecule has 0 fully saturated rings. The van der Waals surface area contributed by atoms with Crippen LogP contribution in [0.3, 0.4) is 0 Å². The SMILES string of the molecule is Cc1cccc(SC=CC(=Nc2ccccc2)SCc2ccccc2)c1. The van der Waals surface area contributed by atoms with E-state index in [0.29, 0.717) is 0 Å². The van der Waals surface area contributed by atoms with Crippen molar-refractivity contribution in [1.29, 1.82) is 0 Å². The van der Waals surface area contributed by atoms with Gasteiger partial charge < -0.3 is 0 Å². The van der Waals surface area contributed by atoms with Crippen LogP contribution in [0, 0.1) is 6.92 Å². The third-order valence-corrected chi connectivity index (χ3v) is 5.43. The molecular formula is C23H21NS2. The van der Waals surface area contributed by atoms with Crippen molar-refractivity contribution in [2.24, 2.45) is 4.99 Å². The molecule has 0 bridgehead atoms. The van der Waals surface area contributed by atoms with Crippen molar-refractivity contribution < 1.29 is 0 Å². The van der Waals surface area contributed by atoms with Gasteiger partial charge in [-0.15, -0.1) is 11.8 Å². The Morgan fingerprint density at radius 3 is 2.35 bits per heavy atom. The Morgan fingerprint density at radius 1 is 0.885 bits per heavy atom. The first-order valence-corrected chi connectivity index (χ1v) is 10.4. The maximum absolute atomic E-state index is 4.80. The lowest BCUT2D eigenvalue weighted by molar-refractivity contribution is 1.37. The number of hydrogen-bond donors (Lipinski definition) is 0. The number of aryl methyl sites for hydroxylation is 1.